The second kappa shape index (κ2) is 9.79. The van der Waals surface area contributed by atoms with Crippen molar-refractivity contribution < 1.29 is 27.9 Å². The molecule has 2 aromatic rings. The molecule has 1 heterocycles. The summed E-state index contributed by atoms with van der Waals surface area (Å²) in [6.07, 6.45) is 3.75. The molecule has 2 aromatic carbocycles. The molecule has 188 valence electrons. The zero-order valence-electron chi connectivity index (χ0n) is 19.8. The number of aliphatic carboxylic acids is 1. The van der Waals surface area contributed by atoms with Gasteiger partial charge in [0, 0.05) is 22.7 Å². The van der Waals surface area contributed by atoms with Crippen LogP contribution in [0.25, 0.3) is 0 Å². The third-order valence-electron chi connectivity index (χ3n) is 6.87. The molecule has 35 heavy (non-hydrogen) atoms. The predicted molar refractivity (Wildman–Crippen MR) is 132 cm³/mol. The Bertz CT molecular complexity index is 1260. The number of methoxy groups -OCH3 is 1. The fourth-order valence-electron chi connectivity index (χ4n) is 5.40. The van der Waals surface area contributed by atoms with E-state index in [9.17, 15) is 23.1 Å². The van der Waals surface area contributed by atoms with Crippen molar-refractivity contribution in [2.45, 2.75) is 56.7 Å². The van der Waals surface area contributed by atoms with Crippen molar-refractivity contribution in [2.75, 3.05) is 13.4 Å². The van der Waals surface area contributed by atoms with Crippen LogP contribution in [0.5, 0.6) is 5.75 Å². The number of carboxylic acid groups (broad SMARTS) is 1. The van der Waals surface area contributed by atoms with Crippen LogP contribution in [0.2, 0.25) is 5.02 Å². The van der Waals surface area contributed by atoms with Crippen molar-refractivity contribution >= 4 is 33.5 Å². The average molecular weight is 521 g/mol. The molecule has 1 fully saturated rings. The Kier molecular flexibility index (Phi) is 7.13. The zero-order chi connectivity index (χ0) is 25.5. The number of amides is 1. The van der Waals surface area contributed by atoms with E-state index in [1.54, 1.807) is 35.2 Å². The first kappa shape index (κ1) is 25.5. The van der Waals surface area contributed by atoms with Crippen LogP contribution in [0, 0.1) is 6.92 Å². The normalized spacial score (nSPS) is 24.7. The second-order valence-corrected chi connectivity index (χ2v) is 11.5. The summed E-state index contributed by atoms with van der Waals surface area (Å²) in [5.41, 5.74) is 2.03. The van der Waals surface area contributed by atoms with Crippen LogP contribution < -0.4 is 9.46 Å². The molecule has 1 amide bonds. The predicted octanol–water partition coefficient (Wildman–Crippen LogP) is 3.88. The lowest BCUT2D eigenvalue weighted by atomic mass is 9.76. The van der Waals surface area contributed by atoms with Crippen molar-refractivity contribution in [3.8, 4) is 5.75 Å². The standard InChI is InChI=1S/C25H29ClN2O6S/c1-14-8-10-17(19(26)12-14)23-22(25(30)31)16-11-9-15(34-2)13-18(16)24(29)28(23)21-7-5-4-6-20(21)27-35(3,32)33/h8-13,20-23,27H,4-7H2,1-3H3,(H,30,31)/t20-,21-,22+,23?/m0/s1. The Hall–Kier alpha value is -2.62. The largest absolute Gasteiger partial charge is 0.497 e. The number of rotatable bonds is 6. The Morgan fingerprint density at radius 3 is 2.46 bits per heavy atom. The quantitative estimate of drug-likeness (QED) is 0.597. The number of carboxylic acids is 1. The first-order valence-corrected chi connectivity index (χ1v) is 13.8. The van der Waals surface area contributed by atoms with Gasteiger partial charge in [-0.2, -0.15) is 0 Å². The number of nitrogens with one attached hydrogen (secondary N) is 1. The Balaban J connectivity index is 1.95. The number of nitrogens with zero attached hydrogens (tertiary/aromatic N) is 1. The van der Waals surface area contributed by atoms with E-state index in [1.807, 2.05) is 13.0 Å². The monoisotopic (exact) mass is 520 g/mol. The van der Waals surface area contributed by atoms with Gasteiger partial charge < -0.3 is 14.7 Å². The molecule has 1 unspecified atom stereocenters. The number of aryl methyl sites for hydroxylation is 1. The fraction of sp³-hybridized carbons (Fsp3) is 0.440. The molecule has 10 heteroatoms. The Morgan fingerprint density at radius 2 is 1.83 bits per heavy atom. The summed E-state index contributed by atoms with van der Waals surface area (Å²) in [5.74, 6) is -2.14. The maximum Gasteiger partial charge on any atom is 0.313 e. The number of benzene rings is 2. The molecule has 0 saturated heterocycles. The number of carbonyl (C=O) groups is 2. The maximum absolute atomic E-state index is 14.1. The molecule has 2 N–H and O–H groups in total. The second-order valence-electron chi connectivity index (χ2n) is 9.30. The Labute approximate surface area is 210 Å². The van der Waals surface area contributed by atoms with Crippen LogP contribution in [0.1, 0.15) is 64.7 Å². The van der Waals surface area contributed by atoms with E-state index in [4.69, 9.17) is 16.3 Å². The number of hydrogen-bond donors (Lipinski definition) is 2. The SMILES string of the molecule is COc1ccc2c(c1)C(=O)N([C@H]1CCCC[C@@H]1NS(C)(=O)=O)C(c1ccc(C)cc1Cl)[C@@H]2C(=O)O. The maximum atomic E-state index is 14.1. The number of carbonyl (C=O) groups excluding carboxylic acids is 1. The molecular formula is C25H29ClN2O6S. The van der Waals surface area contributed by atoms with Crippen LogP contribution in [0.3, 0.4) is 0 Å². The van der Waals surface area contributed by atoms with Gasteiger partial charge in [0.15, 0.2) is 0 Å². The minimum atomic E-state index is -3.56. The van der Waals surface area contributed by atoms with E-state index in [1.165, 1.54) is 7.11 Å². The van der Waals surface area contributed by atoms with E-state index >= 15 is 0 Å². The van der Waals surface area contributed by atoms with E-state index < -0.39 is 40.0 Å². The van der Waals surface area contributed by atoms with Gasteiger partial charge in [0.2, 0.25) is 10.0 Å². The van der Waals surface area contributed by atoms with Crippen LogP contribution in [-0.2, 0) is 14.8 Å². The highest BCUT2D eigenvalue weighted by Crippen LogP contribution is 2.48. The van der Waals surface area contributed by atoms with Crippen molar-refractivity contribution in [2.24, 2.45) is 0 Å². The molecule has 4 atom stereocenters. The van der Waals surface area contributed by atoms with Gasteiger partial charge in [-0.25, -0.2) is 13.1 Å². The molecule has 1 saturated carbocycles. The number of sulfonamides is 1. The van der Waals surface area contributed by atoms with Gasteiger partial charge in [0.25, 0.3) is 5.91 Å². The van der Waals surface area contributed by atoms with Gasteiger partial charge in [-0.05, 0) is 54.7 Å². The highest BCUT2D eigenvalue weighted by Gasteiger charge is 2.49. The molecule has 1 aliphatic heterocycles. The molecule has 8 nitrogen and oxygen atoms in total. The van der Waals surface area contributed by atoms with Crippen molar-refractivity contribution in [3.05, 3.63) is 63.7 Å². The van der Waals surface area contributed by atoms with Crippen LogP contribution >= 0.6 is 11.6 Å². The summed E-state index contributed by atoms with van der Waals surface area (Å²) < 4.78 is 32.3. The first-order chi connectivity index (χ1) is 16.5. The van der Waals surface area contributed by atoms with Crippen molar-refractivity contribution in [3.63, 3.8) is 0 Å². The topological polar surface area (TPSA) is 113 Å². The van der Waals surface area contributed by atoms with Gasteiger partial charge >= 0.3 is 5.97 Å². The minimum absolute atomic E-state index is 0.236. The van der Waals surface area contributed by atoms with E-state index in [0.29, 0.717) is 34.7 Å². The summed E-state index contributed by atoms with van der Waals surface area (Å²) in [5, 5.41) is 10.8. The van der Waals surface area contributed by atoms with Crippen molar-refractivity contribution in [1.82, 2.24) is 9.62 Å². The zero-order valence-corrected chi connectivity index (χ0v) is 21.4. The minimum Gasteiger partial charge on any atom is -0.497 e. The molecule has 4 rings (SSSR count). The lowest BCUT2D eigenvalue weighted by Crippen LogP contribution is -2.58. The average Bonchev–Trinajstić information content (AvgIpc) is 2.78. The number of hydrogen-bond acceptors (Lipinski definition) is 5. The van der Waals surface area contributed by atoms with Gasteiger partial charge in [-0.3, -0.25) is 9.59 Å². The van der Waals surface area contributed by atoms with Crippen LogP contribution in [0.4, 0.5) is 0 Å². The molecule has 0 aromatic heterocycles. The molecule has 1 aliphatic carbocycles. The van der Waals surface area contributed by atoms with Gasteiger partial charge in [-0.1, -0.05) is 42.6 Å². The van der Waals surface area contributed by atoms with Crippen molar-refractivity contribution in [1.29, 1.82) is 0 Å². The van der Waals surface area contributed by atoms with E-state index in [0.717, 1.165) is 24.7 Å². The lowest BCUT2D eigenvalue weighted by Gasteiger charge is -2.48. The summed E-state index contributed by atoms with van der Waals surface area (Å²) in [6, 6.07) is 8.13. The number of ether oxygens (including phenoxy) is 1. The van der Waals surface area contributed by atoms with E-state index in [2.05, 4.69) is 4.72 Å². The lowest BCUT2D eigenvalue weighted by molar-refractivity contribution is -0.141. The Morgan fingerprint density at radius 1 is 1.14 bits per heavy atom. The van der Waals surface area contributed by atoms with Crippen LogP contribution in [-0.4, -0.2) is 55.7 Å². The van der Waals surface area contributed by atoms with Gasteiger partial charge in [0.1, 0.15) is 11.7 Å². The third-order valence-corrected chi connectivity index (χ3v) is 7.93. The highest BCUT2D eigenvalue weighted by molar-refractivity contribution is 7.88. The van der Waals surface area contributed by atoms with Gasteiger partial charge in [0.05, 0.1) is 19.4 Å². The first-order valence-electron chi connectivity index (χ1n) is 11.5. The summed E-state index contributed by atoms with van der Waals surface area (Å²) in [7, 11) is -2.08. The number of halogens is 1. The molecule has 0 radical (unpaired) electrons. The summed E-state index contributed by atoms with van der Waals surface area (Å²) in [6.45, 7) is 1.88. The van der Waals surface area contributed by atoms with Gasteiger partial charge in [-0.15, -0.1) is 0 Å². The smallest absolute Gasteiger partial charge is 0.313 e. The molecular weight excluding hydrogens is 492 g/mol. The summed E-state index contributed by atoms with van der Waals surface area (Å²) in [4.78, 5) is 28.4. The van der Waals surface area contributed by atoms with Crippen LogP contribution in [0.15, 0.2) is 36.4 Å². The van der Waals surface area contributed by atoms with E-state index in [-0.39, 0.29) is 11.5 Å². The number of fused-ring (bicyclic) bond motifs is 1. The summed E-state index contributed by atoms with van der Waals surface area (Å²) >= 11 is 6.64. The fourth-order valence-corrected chi connectivity index (χ4v) is 6.57. The highest BCUT2D eigenvalue weighted by atomic mass is 35.5. The molecule has 0 bridgehead atoms. The molecule has 2 aliphatic rings. The third kappa shape index (κ3) is 5.03. The molecule has 0 spiro atoms.